The second-order valence-corrected chi connectivity index (χ2v) is 5.99. The average Bonchev–Trinajstić information content (AvgIpc) is 2.48. The molecule has 1 aliphatic rings. The van der Waals surface area contributed by atoms with Crippen molar-refractivity contribution in [2.75, 3.05) is 18.0 Å². The summed E-state index contributed by atoms with van der Waals surface area (Å²) >= 11 is 0. The first-order valence-corrected chi connectivity index (χ1v) is 7.55. The molecular weight excluding hydrogens is 262 g/mol. The van der Waals surface area contributed by atoms with Crippen molar-refractivity contribution in [3.8, 4) is 11.3 Å². The molecule has 0 spiro atoms. The van der Waals surface area contributed by atoms with Crippen LogP contribution < -0.4 is 10.5 Å². The van der Waals surface area contributed by atoms with Crippen LogP contribution in [-0.4, -0.2) is 23.1 Å². The predicted octanol–water partition coefficient (Wildman–Crippen LogP) is 2.98. The van der Waals surface area contributed by atoms with Crippen LogP contribution in [0, 0.1) is 12.8 Å². The molecule has 0 unspecified atom stereocenters. The number of hydrogen-bond donors (Lipinski definition) is 1. The van der Waals surface area contributed by atoms with Crippen LogP contribution in [0.1, 0.15) is 25.3 Å². The summed E-state index contributed by atoms with van der Waals surface area (Å²) in [5, 5.41) is 0. The van der Waals surface area contributed by atoms with Gasteiger partial charge in [-0.25, -0.2) is 4.98 Å². The van der Waals surface area contributed by atoms with Gasteiger partial charge in [0.2, 0.25) is 5.95 Å². The highest BCUT2D eigenvalue weighted by Gasteiger charge is 2.18. The van der Waals surface area contributed by atoms with E-state index in [4.69, 9.17) is 0 Å². The summed E-state index contributed by atoms with van der Waals surface area (Å²) in [6, 6.07) is 9.68. The monoisotopic (exact) mass is 283 g/mol. The third kappa shape index (κ3) is 3.15. The van der Waals surface area contributed by atoms with Gasteiger partial charge in [-0.05, 0) is 25.7 Å². The lowest BCUT2D eigenvalue weighted by atomic mass is 10.00. The maximum absolute atomic E-state index is 11.9. The standard InChI is InChI=1S/C17H21N3O/c1-12-3-5-14(6-4-12)15-11-16(21)19-17(18-15)20-9-7-13(2)8-10-20/h3-6,11,13H,7-10H2,1-2H3,(H,18,19,21). The minimum absolute atomic E-state index is 0.0887. The number of anilines is 1. The maximum atomic E-state index is 11.9. The molecule has 4 nitrogen and oxygen atoms in total. The number of aromatic nitrogens is 2. The molecule has 3 rings (SSSR count). The van der Waals surface area contributed by atoms with E-state index in [0.29, 0.717) is 5.95 Å². The SMILES string of the molecule is Cc1ccc(-c2cc(=O)[nH]c(N3CCC(C)CC3)n2)cc1. The third-order valence-corrected chi connectivity index (χ3v) is 4.16. The first kappa shape index (κ1) is 13.9. The number of nitrogens with one attached hydrogen (secondary N) is 1. The smallest absolute Gasteiger partial charge is 0.252 e. The number of piperidine rings is 1. The van der Waals surface area contributed by atoms with E-state index in [1.807, 2.05) is 24.3 Å². The van der Waals surface area contributed by atoms with E-state index in [9.17, 15) is 4.79 Å². The van der Waals surface area contributed by atoms with Gasteiger partial charge in [0.1, 0.15) is 0 Å². The Morgan fingerprint density at radius 3 is 2.52 bits per heavy atom. The van der Waals surface area contributed by atoms with Gasteiger partial charge in [-0.1, -0.05) is 36.8 Å². The molecule has 21 heavy (non-hydrogen) atoms. The van der Waals surface area contributed by atoms with Crippen molar-refractivity contribution in [3.05, 3.63) is 46.2 Å². The van der Waals surface area contributed by atoms with Crippen LogP contribution >= 0.6 is 0 Å². The molecule has 1 saturated heterocycles. The molecule has 2 heterocycles. The Balaban J connectivity index is 1.93. The van der Waals surface area contributed by atoms with Gasteiger partial charge < -0.3 is 4.90 Å². The molecule has 0 saturated carbocycles. The van der Waals surface area contributed by atoms with Gasteiger partial charge in [0.05, 0.1) is 5.69 Å². The highest BCUT2D eigenvalue weighted by Crippen LogP contribution is 2.22. The molecule has 1 N–H and O–H groups in total. The lowest BCUT2D eigenvalue weighted by molar-refractivity contribution is 0.434. The number of nitrogens with zero attached hydrogens (tertiary/aromatic N) is 2. The number of aryl methyl sites for hydroxylation is 1. The average molecular weight is 283 g/mol. The number of benzene rings is 1. The highest BCUT2D eigenvalue weighted by molar-refractivity contribution is 5.60. The van der Waals surface area contributed by atoms with Crippen LogP contribution in [0.15, 0.2) is 35.1 Å². The summed E-state index contributed by atoms with van der Waals surface area (Å²) in [4.78, 5) is 21.6. The minimum atomic E-state index is -0.0887. The molecule has 0 amide bonds. The van der Waals surface area contributed by atoms with E-state index >= 15 is 0 Å². The van der Waals surface area contributed by atoms with Crippen molar-refractivity contribution in [2.24, 2.45) is 5.92 Å². The van der Waals surface area contributed by atoms with Crippen LogP contribution in [-0.2, 0) is 0 Å². The Kier molecular flexibility index (Phi) is 3.78. The van der Waals surface area contributed by atoms with Crippen LogP contribution in [0.4, 0.5) is 5.95 Å². The molecule has 0 radical (unpaired) electrons. The third-order valence-electron chi connectivity index (χ3n) is 4.16. The molecular formula is C17H21N3O. The first-order valence-electron chi connectivity index (χ1n) is 7.55. The Labute approximate surface area is 124 Å². The van der Waals surface area contributed by atoms with Crippen molar-refractivity contribution in [2.45, 2.75) is 26.7 Å². The molecule has 110 valence electrons. The maximum Gasteiger partial charge on any atom is 0.252 e. The van der Waals surface area contributed by atoms with Crippen LogP contribution in [0.5, 0.6) is 0 Å². The zero-order chi connectivity index (χ0) is 14.8. The Bertz CT molecular complexity index is 667. The molecule has 1 aromatic carbocycles. The van der Waals surface area contributed by atoms with E-state index in [0.717, 1.165) is 43.1 Å². The highest BCUT2D eigenvalue weighted by atomic mass is 16.1. The summed E-state index contributed by atoms with van der Waals surface area (Å²) in [5.41, 5.74) is 2.84. The quantitative estimate of drug-likeness (QED) is 0.921. The fraction of sp³-hybridized carbons (Fsp3) is 0.412. The lowest BCUT2D eigenvalue weighted by Gasteiger charge is -2.30. The van der Waals surface area contributed by atoms with Gasteiger partial charge in [-0.3, -0.25) is 9.78 Å². The molecule has 0 atom stereocenters. The first-order chi connectivity index (χ1) is 10.1. The van der Waals surface area contributed by atoms with E-state index in [1.54, 1.807) is 6.07 Å². The minimum Gasteiger partial charge on any atom is -0.342 e. The van der Waals surface area contributed by atoms with Crippen molar-refractivity contribution in [1.29, 1.82) is 0 Å². The summed E-state index contributed by atoms with van der Waals surface area (Å²) in [6.07, 6.45) is 2.30. The van der Waals surface area contributed by atoms with Crippen molar-refractivity contribution >= 4 is 5.95 Å². The molecule has 0 aliphatic carbocycles. The van der Waals surface area contributed by atoms with Gasteiger partial charge in [-0.2, -0.15) is 0 Å². The topological polar surface area (TPSA) is 49.0 Å². The predicted molar refractivity (Wildman–Crippen MR) is 85.6 cm³/mol. The van der Waals surface area contributed by atoms with Gasteiger partial charge in [-0.15, -0.1) is 0 Å². The van der Waals surface area contributed by atoms with Gasteiger partial charge in [0, 0.05) is 24.7 Å². The second-order valence-electron chi connectivity index (χ2n) is 5.99. The number of aromatic amines is 1. The molecule has 1 fully saturated rings. The van der Waals surface area contributed by atoms with E-state index in [-0.39, 0.29) is 5.56 Å². The van der Waals surface area contributed by atoms with Gasteiger partial charge in [0.25, 0.3) is 5.56 Å². The molecule has 1 aromatic heterocycles. The molecule has 4 heteroatoms. The summed E-state index contributed by atoms with van der Waals surface area (Å²) in [7, 11) is 0. The number of hydrogen-bond acceptors (Lipinski definition) is 3. The molecule has 0 bridgehead atoms. The lowest BCUT2D eigenvalue weighted by Crippen LogP contribution is -2.35. The number of rotatable bonds is 2. The summed E-state index contributed by atoms with van der Waals surface area (Å²) in [5.74, 6) is 1.46. The zero-order valence-electron chi connectivity index (χ0n) is 12.6. The van der Waals surface area contributed by atoms with E-state index in [2.05, 4.69) is 28.7 Å². The summed E-state index contributed by atoms with van der Waals surface area (Å²) in [6.45, 7) is 6.24. The fourth-order valence-corrected chi connectivity index (χ4v) is 2.69. The van der Waals surface area contributed by atoms with Crippen LogP contribution in [0.3, 0.4) is 0 Å². The van der Waals surface area contributed by atoms with E-state index in [1.165, 1.54) is 5.56 Å². The Morgan fingerprint density at radius 2 is 1.86 bits per heavy atom. The zero-order valence-corrected chi connectivity index (χ0v) is 12.6. The van der Waals surface area contributed by atoms with Gasteiger partial charge in [0.15, 0.2) is 0 Å². The Hall–Kier alpha value is -2.10. The van der Waals surface area contributed by atoms with Crippen molar-refractivity contribution in [3.63, 3.8) is 0 Å². The summed E-state index contributed by atoms with van der Waals surface area (Å²) < 4.78 is 0. The molecule has 1 aliphatic heterocycles. The van der Waals surface area contributed by atoms with Crippen LogP contribution in [0.2, 0.25) is 0 Å². The normalized spacial score (nSPS) is 16.2. The van der Waals surface area contributed by atoms with Crippen molar-refractivity contribution in [1.82, 2.24) is 9.97 Å². The second kappa shape index (κ2) is 5.72. The largest absolute Gasteiger partial charge is 0.342 e. The van der Waals surface area contributed by atoms with Crippen molar-refractivity contribution < 1.29 is 0 Å². The fourth-order valence-electron chi connectivity index (χ4n) is 2.69. The molecule has 2 aromatic rings. The van der Waals surface area contributed by atoms with E-state index < -0.39 is 0 Å². The Morgan fingerprint density at radius 1 is 1.19 bits per heavy atom. The van der Waals surface area contributed by atoms with Gasteiger partial charge >= 0.3 is 0 Å². The number of H-pyrrole nitrogens is 1. The van der Waals surface area contributed by atoms with Crippen LogP contribution in [0.25, 0.3) is 11.3 Å².